The molecule has 0 saturated carbocycles. The van der Waals surface area contributed by atoms with Gasteiger partial charge in [0.2, 0.25) is 18.6 Å². The van der Waals surface area contributed by atoms with E-state index in [1.165, 1.54) is 11.3 Å². The molecule has 4 atom stereocenters. The Morgan fingerprint density at radius 3 is 3.07 bits per heavy atom. The van der Waals surface area contributed by atoms with Gasteiger partial charge in [-0.25, -0.2) is 4.98 Å². The number of benzene rings is 1. The third kappa shape index (κ3) is 2.11. The maximum Gasteiger partial charge on any atom is 0.234 e. The van der Waals surface area contributed by atoms with Crippen molar-refractivity contribution in [2.45, 2.75) is 11.7 Å². The molecule has 4 aliphatic heterocycles. The Morgan fingerprint density at radius 1 is 1.32 bits per heavy atom. The molecule has 2 amide bonds. The Balaban J connectivity index is 1.32. The molecular weight excluding hydrogens is 382 g/mol. The molecular formula is C19H15N3O5S. The molecule has 1 N–H and O–H groups in total. The van der Waals surface area contributed by atoms with Crippen molar-refractivity contribution in [3.8, 4) is 11.5 Å². The lowest BCUT2D eigenvalue weighted by molar-refractivity contribution is -0.128. The quantitative estimate of drug-likeness (QED) is 0.795. The average Bonchev–Trinajstić information content (AvgIpc) is 3.49. The molecule has 5 heterocycles. The Kier molecular flexibility index (Phi) is 3.19. The fourth-order valence-electron chi connectivity index (χ4n) is 4.54. The Morgan fingerprint density at radius 2 is 2.21 bits per heavy atom. The van der Waals surface area contributed by atoms with E-state index in [1.54, 1.807) is 28.6 Å². The van der Waals surface area contributed by atoms with E-state index in [2.05, 4.69) is 10.3 Å². The van der Waals surface area contributed by atoms with Gasteiger partial charge in [-0.05, 0) is 12.1 Å². The lowest BCUT2D eigenvalue weighted by Crippen LogP contribution is -2.41. The summed E-state index contributed by atoms with van der Waals surface area (Å²) in [7, 11) is 0. The number of thiazole rings is 1. The first-order valence-corrected chi connectivity index (χ1v) is 9.81. The van der Waals surface area contributed by atoms with Crippen molar-refractivity contribution < 1.29 is 23.8 Å². The van der Waals surface area contributed by atoms with Crippen molar-refractivity contribution in [1.29, 1.82) is 0 Å². The van der Waals surface area contributed by atoms with Crippen molar-refractivity contribution >= 4 is 34.0 Å². The number of ether oxygens (including phenoxy) is 3. The molecule has 28 heavy (non-hydrogen) atoms. The lowest BCUT2D eigenvalue weighted by atomic mass is 9.77. The zero-order chi connectivity index (χ0) is 18.9. The molecule has 2 bridgehead atoms. The van der Waals surface area contributed by atoms with Crippen LogP contribution in [0.1, 0.15) is 0 Å². The number of carbonyl (C=O) groups excluding carboxylic acids is 2. The van der Waals surface area contributed by atoms with Crippen LogP contribution < -0.4 is 19.7 Å². The molecule has 0 aliphatic carbocycles. The zero-order valence-electron chi connectivity index (χ0n) is 14.5. The van der Waals surface area contributed by atoms with E-state index in [1.807, 2.05) is 18.2 Å². The third-order valence-corrected chi connectivity index (χ3v) is 6.42. The summed E-state index contributed by atoms with van der Waals surface area (Å²) in [4.78, 5) is 32.0. The van der Waals surface area contributed by atoms with Gasteiger partial charge in [-0.15, -0.1) is 11.3 Å². The van der Waals surface area contributed by atoms with Gasteiger partial charge in [0.25, 0.3) is 0 Å². The summed E-state index contributed by atoms with van der Waals surface area (Å²) in [5.74, 6) is -0.236. The van der Waals surface area contributed by atoms with E-state index >= 15 is 0 Å². The van der Waals surface area contributed by atoms with Gasteiger partial charge in [0.15, 0.2) is 16.6 Å². The minimum Gasteiger partial charge on any atom is -0.454 e. The Hall–Kier alpha value is -2.91. The van der Waals surface area contributed by atoms with Gasteiger partial charge in [0, 0.05) is 23.3 Å². The van der Waals surface area contributed by atoms with Crippen molar-refractivity contribution in [1.82, 2.24) is 4.98 Å². The van der Waals surface area contributed by atoms with Crippen LogP contribution in [0.2, 0.25) is 0 Å². The van der Waals surface area contributed by atoms with E-state index in [-0.39, 0.29) is 18.6 Å². The van der Waals surface area contributed by atoms with Crippen LogP contribution in [-0.4, -0.2) is 41.8 Å². The maximum absolute atomic E-state index is 13.3. The summed E-state index contributed by atoms with van der Waals surface area (Å²) in [6.07, 6.45) is 5.05. The Labute approximate surface area is 163 Å². The van der Waals surface area contributed by atoms with E-state index in [9.17, 15) is 9.59 Å². The van der Waals surface area contributed by atoms with Gasteiger partial charge in [-0.2, -0.15) is 0 Å². The average molecular weight is 397 g/mol. The summed E-state index contributed by atoms with van der Waals surface area (Å²) in [5, 5.41) is 5.12. The number of rotatable bonds is 3. The second-order valence-corrected chi connectivity index (χ2v) is 8.08. The van der Waals surface area contributed by atoms with Crippen molar-refractivity contribution in [3.05, 3.63) is 41.9 Å². The van der Waals surface area contributed by atoms with Crippen molar-refractivity contribution in [2.24, 2.45) is 11.8 Å². The smallest absolute Gasteiger partial charge is 0.234 e. The van der Waals surface area contributed by atoms with Crippen LogP contribution in [0.5, 0.6) is 11.5 Å². The molecule has 1 spiro atoms. The number of aromatic nitrogens is 1. The molecule has 2 saturated heterocycles. The lowest BCUT2D eigenvalue weighted by Gasteiger charge is -2.22. The first-order valence-electron chi connectivity index (χ1n) is 8.93. The van der Waals surface area contributed by atoms with Crippen LogP contribution in [0.4, 0.5) is 10.8 Å². The molecule has 2 aromatic rings. The number of hydrogen-bond donors (Lipinski definition) is 1. The van der Waals surface area contributed by atoms with Crippen molar-refractivity contribution in [3.63, 3.8) is 0 Å². The van der Waals surface area contributed by atoms with Gasteiger partial charge in [0.05, 0.1) is 24.5 Å². The number of fused-ring (bicyclic) bond motifs is 2. The molecule has 142 valence electrons. The molecule has 1 aromatic carbocycles. The molecule has 2 fully saturated rings. The fraction of sp³-hybridized carbons (Fsp3) is 0.316. The summed E-state index contributed by atoms with van der Waals surface area (Å²) < 4.78 is 16.9. The summed E-state index contributed by atoms with van der Waals surface area (Å²) in [6.45, 7) is 0.538. The Bertz CT molecular complexity index is 1020. The predicted octanol–water partition coefficient (Wildman–Crippen LogP) is 1.80. The number of hydrogen-bond acceptors (Lipinski definition) is 7. The second kappa shape index (κ2) is 5.55. The fourth-order valence-corrected chi connectivity index (χ4v) is 5.08. The first-order chi connectivity index (χ1) is 13.6. The number of amides is 2. The SMILES string of the molecule is O=C(Nc1nccs1)[C@@H]1[C@H]2C(=O)N(c3ccc4c(c3)OCO4)C[C@]23C=C[C@H]1O3. The van der Waals surface area contributed by atoms with Crippen LogP contribution in [0.3, 0.4) is 0 Å². The number of nitrogens with zero attached hydrogens (tertiary/aromatic N) is 2. The van der Waals surface area contributed by atoms with Crippen LogP contribution in [0, 0.1) is 11.8 Å². The molecule has 4 aliphatic rings. The normalized spacial score (nSPS) is 31.5. The number of anilines is 2. The second-order valence-electron chi connectivity index (χ2n) is 7.19. The number of nitrogens with one attached hydrogen (secondary N) is 1. The third-order valence-electron chi connectivity index (χ3n) is 5.73. The highest BCUT2D eigenvalue weighted by atomic mass is 32.1. The molecule has 8 nitrogen and oxygen atoms in total. The van der Waals surface area contributed by atoms with E-state index < -0.39 is 23.5 Å². The monoisotopic (exact) mass is 397 g/mol. The molecule has 6 rings (SSSR count). The molecule has 0 radical (unpaired) electrons. The largest absolute Gasteiger partial charge is 0.454 e. The van der Waals surface area contributed by atoms with Gasteiger partial charge in [0.1, 0.15) is 5.60 Å². The van der Waals surface area contributed by atoms with E-state index in [0.717, 1.165) is 0 Å². The van der Waals surface area contributed by atoms with Gasteiger partial charge < -0.3 is 24.4 Å². The summed E-state index contributed by atoms with van der Waals surface area (Å²) in [6, 6.07) is 5.40. The highest BCUT2D eigenvalue weighted by Crippen LogP contribution is 2.53. The minimum atomic E-state index is -0.775. The van der Waals surface area contributed by atoms with Gasteiger partial charge in [-0.1, -0.05) is 12.2 Å². The van der Waals surface area contributed by atoms with Crippen LogP contribution in [0.15, 0.2) is 41.9 Å². The first kappa shape index (κ1) is 16.1. The van der Waals surface area contributed by atoms with Gasteiger partial charge >= 0.3 is 0 Å². The topological polar surface area (TPSA) is 90.0 Å². The van der Waals surface area contributed by atoms with E-state index in [4.69, 9.17) is 14.2 Å². The molecule has 0 unspecified atom stereocenters. The standard InChI is InChI=1S/C19H15N3O5S/c23-16(21-18-20-5-6-28-18)14-12-3-4-19(27-12)8-22(17(24)15(14)19)10-1-2-11-13(7-10)26-9-25-11/h1-7,12,14-15H,8-9H2,(H,20,21,23)/t12-,14+,15+,19-/m1/s1. The van der Waals surface area contributed by atoms with Crippen LogP contribution >= 0.6 is 11.3 Å². The molecule has 1 aromatic heterocycles. The minimum absolute atomic E-state index is 0.120. The van der Waals surface area contributed by atoms with Gasteiger partial charge in [-0.3, -0.25) is 9.59 Å². The van der Waals surface area contributed by atoms with Crippen LogP contribution in [0.25, 0.3) is 0 Å². The maximum atomic E-state index is 13.3. The molecule has 9 heteroatoms. The van der Waals surface area contributed by atoms with E-state index in [0.29, 0.717) is 28.9 Å². The van der Waals surface area contributed by atoms with Crippen LogP contribution in [-0.2, 0) is 14.3 Å². The van der Waals surface area contributed by atoms with Crippen molar-refractivity contribution in [2.75, 3.05) is 23.6 Å². The summed E-state index contributed by atoms with van der Waals surface area (Å²) >= 11 is 1.34. The summed E-state index contributed by atoms with van der Waals surface area (Å²) in [5.41, 5.74) is -0.0687. The number of carbonyl (C=O) groups is 2. The predicted molar refractivity (Wildman–Crippen MR) is 99.4 cm³/mol. The highest BCUT2D eigenvalue weighted by Gasteiger charge is 2.67. The zero-order valence-corrected chi connectivity index (χ0v) is 15.3. The highest BCUT2D eigenvalue weighted by molar-refractivity contribution is 7.13.